The summed E-state index contributed by atoms with van der Waals surface area (Å²) in [7, 11) is 0. The van der Waals surface area contributed by atoms with E-state index in [9.17, 15) is 0 Å². The quantitative estimate of drug-likeness (QED) is 0.661. The second-order valence-electron chi connectivity index (χ2n) is 3.34. The van der Waals surface area contributed by atoms with Crippen molar-refractivity contribution >= 4 is 0 Å². The Morgan fingerprint density at radius 2 is 2.23 bits per heavy atom. The smallest absolute Gasteiger partial charge is 0.145 e. The number of rotatable bonds is 4. The van der Waals surface area contributed by atoms with Gasteiger partial charge in [-0.2, -0.15) is 10.5 Å². The largest absolute Gasteiger partial charge is 0.386 e. The normalized spacial score (nSPS) is 23.9. The first-order valence-corrected chi connectivity index (χ1v) is 4.58. The van der Waals surface area contributed by atoms with Crippen LogP contribution < -0.4 is 5.32 Å². The van der Waals surface area contributed by atoms with Gasteiger partial charge in [-0.25, -0.2) is 0 Å². The minimum Gasteiger partial charge on any atom is -0.386 e. The van der Waals surface area contributed by atoms with Gasteiger partial charge in [0.1, 0.15) is 17.7 Å². The molecule has 3 nitrogen and oxygen atoms in total. The molecule has 1 aliphatic carbocycles. The molecular weight excluding hydrogens is 162 g/mol. The number of nitriles is 2. The van der Waals surface area contributed by atoms with E-state index in [0.29, 0.717) is 6.04 Å². The van der Waals surface area contributed by atoms with Crippen LogP contribution in [0.5, 0.6) is 0 Å². The van der Waals surface area contributed by atoms with E-state index >= 15 is 0 Å². The van der Waals surface area contributed by atoms with Gasteiger partial charge in [0.25, 0.3) is 0 Å². The zero-order valence-corrected chi connectivity index (χ0v) is 7.75. The average Bonchev–Trinajstić information content (AvgIpc) is 2.86. The highest BCUT2D eigenvalue weighted by Crippen LogP contribution is 2.34. The maximum Gasteiger partial charge on any atom is 0.145 e. The molecule has 0 amide bonds. The SMILES string of the molecule is CCCC1CC1NC=C(C#N)C#N. The zero-order chi connectivity index (χ0) is 9.68. The van der Waals surface area contributed by atoms with Gasteiger partial charge in [0.15, 0.2) is 0 Å². The number of nitrogens with zero attached hydrogens (tertiary/aromatic N) is 2. The van der Waals surface area contributed by atoms with Crippen LogP contribution in [-0.4, -0.2) is 6.04 Å². The van der Waals surface area contributed by atoms with Crippen LogP contribution in [0.3, 0.4) is 0 Å². The van der Waals surface area contributed by atoms with Crippen LogP contribution >= 0.6 is 0 Å². The predicted octanol–water partition coefficient (Wildman–Crippen LogP) is 1.70. The molecule has 0 heterocycles. The lowest BCUT2D eigenvalue weighted by molar-refractivity contribution is 0.654. The molecule has 2 unspecified atom stereocenters. The molecule has 3 heteroatoms. The highest BCUT2D eigenvalue weighted by Gasteiger charge is 2.34. The number of hydrogen-bond donors (Lipinski definition) is 1. The van der Waals surface area contributed by atoms with E-state index in [1.54, 1.807) is 0 Å². The second kappa shape index (κ2) is 4.52. The van der Waals surface area contributed by atoms with Gasteiger partial charge in [-0.05, 0) is 18.8 Å². The van der Waals surface area contributed by atoms with Crippen molar-refractivity contribution in [3.63, 3.8) is 0 Å². The highest BCUT2D eigenvalue weighted by atomic mass is 14.9. The molecule has 0 spiro atoms. The molecule has 0 aliphatic heterocycles. The molecule has 0 aromatic heterocycles. The molecule has 13 heavy (non-hydrogen) atoms. The maximum atomic E-state index is 8.45. The van der Waals surface area contributed by atoms with Crippen LogP contribution in [0.15, 0.2) is 11.8 Å². The fourth-order valence-corrected chi connectivity index (χ4v) is 1.42. The van der Waals surface area contributed by atoms with Crippen molar-refractivity contribution < 1.29 is 0 Å². The molecule has 68 valence electrons. The summed E-state index contributed by atoms with van der Waals surface area (Å²) in [6.07, 6.45) is 5.14. The molecule has 0 bridgehead atoms. The molecule has 1 N–H and O–H groups in total. The topological polar surface area (TPSA) is 59.6 Å². The fraction of sp³-hybridized carbons (Fsp3) is 0.600. The lowest BCUT2D eigenvalue weighted by Gasteiger charge is -1.97. The van der Waals surface area contributed by atoms with Crippen molar-refractivity contribution in [1.82, 2.24) is 5.32 Å². The molecular formula is C10H13N3. The van der Waals surface area contributed by atoms with Crippen LogP contribution in [0.25, 0.3) is 0 Å². The minimum atomic E-state index is 0.155. The molecule has 1 aliphatic rings. The van der Waals surface area contributed by atoms with Crippen molar-refractivity contribution in [2.75, 3.05) is 0 Å². The van der Waals surface area contributed by atoms with Gasteiger partial charge < -0.3 is 5.32 Å². The Morgan fingerprint density at radius 3 is 2.77 bits per heavy atom. The van der Waals surface area contributed by atoms with Crippen LogP contribution in [0.4, 0.5) is 0 Å². The molecule has 1 saturated carbocycles. The van der Waals surface area contributed by atoms with Crippen LogP contribution in [0, 0.1) is 28.6 Å². The molecule has 0 aromatic rings. The van der Waals surface area contributed by atoms with E-state index in [1.807, 2.05) is 12.1 Å². The summed E-state index contributed by atoms with van der Waals surface area (Å²) in [6, 6.07) is 4.14. The first-order chi connectivity index (χ1) is 6.31. The third kappa shape index (κ3) is 2.80. The predicted molar refractivity (Wildman–Crippen MR) is 49.2 cm³/mol. The van der Waals surface area contributed by atoms with Crippen molar-refractivity contribution in [3.05, 3.63) is 11.8 Å². The van der Waals surface area contributed by atoms with Gasteiger partial charge in [0.05, 0.1) is 0 Å². The summed E-state index contributed by atoms with van der Waals surface area (Å²) < 4.78 is 0. The molecule has 0 radical (unpaired) electrons. The van der Waals surface area contributed by atoms with Gasteiger partial charge in [-0.15, -0.1) is 0 Å². The lowest BCUT2D eigenvalue weighted by Crippen LogP contribution is -2.10. The molecule has 2 atom stereocenters. The average molecular weight is 175 g/mol. The summed E-state index contributed by atoms with van der Waals surface area (Å²) in [6.45, 7) is 2.17. The summed E-state index contributed by atoms with van der Waals surface area (Å²) in [5.41, 5.74) is 0.155. The third-order valence-corrected chi connectivity index (χ3v) is 2.26. The molecule has 1 fully saturated rings. The fourth-order valence-electron chi connectivity index (χ4n) is 1.42. The Labute approximate surface area is 78.7 Å². The number of allylic oxidation sites excluding steroid dienone is 1. The standard InChI is InChI=1S/C10H13N3/c1-2-3-9-4-10(9)13-7-8(5-11)6-12/h7,9-10,13H,2-4H2,1H3. The first-order valence-electron chi connectivity index (χ1n) is 4.58. The maximum absolute atomic E-state index is 8.45. The summed E-state index contributed by atoms with van der Waals surface area (Å²) in [4.78, 5) is 0. The van der Waals surface area contributed by atoms with Crippen molar-refractivity contribution in [2.45, 2.75) is 32.2 Å². The van der Waals surface area contributed by atoms with Crippen molar-refractivity contribution in [1.29, 1.82) is 10.5 Å². The van der Waals surface area contributed by atoms with E-state index in [1.165, 1.54) is 25.5 Å². The van der Waals surface area contributed by atoms with Crippen LogP contribution in [0.1, 0.15) is 26.2 Å². The van der Waals surface area contributed by atoms with Crippen LogP contribution in [-0.2, 0) is 0 Å². The van der Waals surface area contributed by atoms with E-state index < -0.39 is 0 Å². The number of nitrogens with one attached hydrogen (secondary N) is 1. The molecule has 1 rings (SSSR count). The minimum absolute atomic E-state index is 0.155. The van der Waals surface area contributed by atoms with Gasteiger partial charge in [0, 0.05) is 12.2 Å². The summed E-state index contributed by atoms with van der Waals surface area (Å²) >= 11 is 0. The Kier molecular flexibility index (Phi) is 3.34. The van der Waals surface area contributed by atoms with Crippen molar-refractivity contribution in [2.24, 2.45) is 5.92 Å². The lowest BCUT2D eigenvalue weighted by atomic mass is 10.2. The number of hydrogen-bond acceptors (Lipinski definition) is 3. The second-order valence-corrected chi connectivity index (χ2v) is 3.34. The van der Waals surface area contributed by atoms with Gasteiger partial charge in [-0.3, -0.25) is 0 Å². The van der Waals surface area contributed by atoms with Gasteiger partial charge >= 0.3 is 0 Å². The first kappa shape index (κ1) is 9.61. The highest BCUT2D eigenvalue weighted by molar-refractivity contribution is 5.34. The van der Waals surface area contributed by atoms with E-state index in [4.69, 9.17) is 10.5 Å². The Bertz CT molecular complexity index is 264. The summed E-state index contributed by atoms with van der Waals surface area (Å²) in [5.74, 6) is 0.750. The monoisotopic (exact) mass is 175 g/mol. The van der Waals surface area contributed by atoms with E-state index in [0.717, 1.165) is 5.92 Å². The Hall–Kier alpha value is -1.48. The third-order valence-electron chi connectivity index (χ3n) is 2.26. The van der Waals surface area contributed by atoms with Gasteiger partial charge in [0.2, 0.25) is 0 Å². The Balaban J connectivity index is 2.27. The molecule has 0 aromatic carbocycles. The van der Waals surface area contributed by atoms with Crippen LogP contribution in [0.2, 0.25) is 0 Å². The summed E-state index contributed by atoms with van der Waals surface area (Å²) in [5, 5.41) is 20.0. The van der Waals surface area contributed by atoms with Gasteiger partial charge in [-0.1, -0.05) is 13.3 Å². The Morgan fingerprint density at radius 1 is 1.54 bits per heavy atom. The van der Waals surface area contributed by atoms with E-state index in [2.05, 4.69) is 12.2 Å². The van der Waals surface area contributed by atoms with Crippen molar-refractivity contribution in [3.8, 4) is 12.1 Å². The van der Waals surface area contributed by atoms with E-state index in [-0.39, 0.29) is 5.57 Å². The molecule has 0 saturated heterocycles. The zero-order valence-electron chi connectivity index (χ0n) is 7.75.